The van der Waals surface area contributed by atoms with Crippen LogP contribution in [0.5, 0.6) is 0 Å². The number of aromatic nitrogens is 2. The van der Waals surface area contributed by atoms with E-state index in [4.69, 9.17) is 5.73 Å². The van der Waals surface area contributed by atoms with E-state index in [1.807, 2.05) is 0 Å². The minimum atomic E-state index is -0.355. The summed E-state index contributed by atoms with van der Waals surface area (Å²) in [5, 5.41) is 12.8. The molecule has 3 aromatic rings. The number of anilines is 1. The van der Waals surface area contributed by atoms with Gasteiger partial charge in [-0.2, -0.15) is 0 Å². The Labute approximate surface area is 148 Å². The fourth-order valence-electron chi connectivity index (χ4n) is 3.09. The summed E-state index contributed by atoms with van der Waals surface area (Å²) in [6.07, 6.45) is 2.17. The second-order valence-corrected chi connectivity index (χ2v) is 6.46. The number of carbonyl (C=O) groups excluding carboxylic acids is 1. The molecule has 2 aromatic heterocycles. The van der Waals surface area contributed by atoms with Gasteiger partial charge in [0.05, 0.1) is 17.4 Å². The number of carbonyl (C=O) groups is 1. The number of halogens is 1. The van der Waals surface area contributed by atoms with E-state index in [1.54, 1.807) is 24.3 Å². The summed E-state index contributed by atoms with van der Waals surface area (Å²) in [5.74, 6) is -0.431. The lowest BCUT2D eigenvalue weighted by Crippen LogP contribution is -2.46. The van der Waals surface area contributed by atoms with Gasteiger partial charge in [-0.05, 0) is 37.1 Å². The molecular formula is C19H17FN4O2. The normalized spacial score (nSPS) is 19.2. The zero-order valence-electron chi connectivity index (χ0n) is 13.8. The number of amides is 1. The summed E-state index contributed by atoms with van der Waals surface area (Å²) in [6.45, 7) is 0. The Morgan fingerprint density at radius 2 is 2.08 bits per heavy atom. The third kappa shape index (κ3) is 2.97. The summed E-state index contributed by atoms with van der Waals surface area (Å²) in [4.78, 5) is 21.1. The van der Waals surface area contributed by atoms with Gasteiger partial charge in [0.15, 0.2) is 0 Å². The molecule has 4 N–H and O–H groups in total. The number of benzene rings is 1. The third-order valence-electron chi connectivity index (χ3n) is 4.57. The number of aliphatic hydroxyl groups is 1. The van der Waals surface area contributed by atoms with Crippen molar-refractivity contribution in [2.75, 3.05) is 5.73 Å². The van der Waals surface area contributed by atoms with Crippen molar-refractivity contribution in [2.24, 2.45) is 0 Å². The molecule has 2 heterocycles. The van der Waals surface area contributed by atoms with Crippen LogP contribution in [0.2, 0.25) is 0 Å². The molecule has 6 nitrogen and oxygen atoms in total. The van der Waals surface area contributed by atoms with Crippen LogP contribution in [0.25, 0.3) is 22.2 Å². The van der Waals surface area contributed by atoms with Gasteiger partial charge in [0, 0.05) is 23.2 Å². The maximum Gasteiger partial charge on any atom is 0.253 e. The lowest BCUT2D eigenvalue weighted by molar-refractivity contribution is 0.0563. The van der Waals surface area contributed by atoms with Gasteiger partial charge in [-0.15, -0.1) is 0 Å². The molecule has 4 rings (SSSR count). The molecule has 0 atom stereocenters. The molecule has 7 heteroatoms. The van der Waals surface area contributed by atoms with Crippen LogP contribution in [0.1, 0.15) is 23.2 Å². The summed E-state index contributed by atoms with van der Waals surface area (Å²) < 4.78 is 13.5. The first-order valence-electron chi connectivity index (χ1n) is 8.31. The van der Waals surface area contributed by atoms with E-state index >= 15 is 0 Å². The van der Waals surface area contributed by atoms with Crippen molar-refractivity contribution in [1.82, 2.24) is 15.3 Å². The van der Waals surface area contributed by atoms with Gasteiger partial charge in [-0.3, -0.25) is 4.79 Å². The average molecular weight is 352 g/mol. The van der Waals surface area contributed by atoms with Crippen molar-refractivity contribution in [3.05, 3.63) is 54.0 Å². The number of nitrogen functional groups attached to an aromatic ring is 1. The maximum atomic E-state index is 13.5. The smallest absolute Gasteiger partial charge is 0.253 e. The average Bonchev–Trinajstić information content (AvgIpc) is 2.60. The fourth-order valence-corrected chi connectivity index (χ4v) is 3.09. The zero-order valence-corrected chi connectivity index (χ0v) is 13.8. The largest absolute Gasteiger partial charge is 0.393 e. The van der Waals surface area contributed by atoms with E-state index in [1.165, 1.54) is 18.3 Å². The molecule has 26 heavy (non-hydrogen) atoms. The second-order valence-electron chi connectivity index (χ2n) is 6.46. The minimum absolute atomic E-state index is 0.0374. The monoisotopic (exact) mass is 352 g/mol. The number of hydrogen-bond donors (Lipinski definition) is 3. The molecule has 1 fully saturated rings. The van der Waals surface area contributed by atoms with Crippen molar-refractivity contribution < 1.29 is 14.3 Å². The van der Waals surface area contributed by atoms with E-state index < -0.39 is 0 Å². The highest BCUT2D eigenvalue weighted by Gasteiger charge is 2.29. The van der Waals surface area contributed by atoms with Crippen LogP contribution >= 0.6 is 0 Å². The van der Waals surface area contributed by atoms with Crippen molar-refractivity contribution in [3.8, 4) is 11.3 Å². The Morgan fingerprint density at radius 3 is 2.81 bits per heavy atom. The Bertz CT molecular complexity index is 1000. The standard InChI is InChI=1S/C19H17FN4O2/c20-11-3-1-2-10(6-11)16-5-4-14-15(9-22-18(21)17(14)24-16)19(26)23-12-7-13(25)8-12/h1-6,9,12-13,25H,7-8H2,(H2,21,22)(H,23,26)/t12-,13-. The van der Waals surface area contributed by atoms with Gasteiger partial charge in [0.1, 0.15) is 17.2 Å². The molecule has 1 aliphatic carbocycles. The summed E-state index contributed by atoms with van der Waals surface area (Å²) in [6, 6.07) is 9.53. The number of aliphatic hydroxyl groups excluding tert-OH is 1. The van der Waals surface area contributed by atoms with E-state index in [0.29, 0.717) is 40.6 Å². The number of rotatable bonds is 3. The number of fused-ring (bicyclic) bond motifs is 1. The van der Waals surface area contributed by atoms with Crippen LogP contribution in [0.4, 0.5) is 10.2 Å². The molecule has 1 aliphatic rings. The molecule has 0 spiro atoms. The van der Waals surface area contributed by atoms with Gasteiger partial charge in [-0.25, -0.2) is 14.4 Å². The van der Waals surface area contributed by atoms with Crippen molar-refractivity contribution in [2.45, 2.75) is 25.0 Å². The molecule has 1 amide bonds. The van der Waals surface area contributed by atoms with Crippen LogP contribution in [-0.4, -0.2) is 33.1 Å². The third-order valence-corrected chi connectivity index (χ3v) is 4.57. The number of nitrogens with one attached hydrogen (secondary N) is 1. The molecule has 0 saturated heterocycles. The van der Waals surface area contributed by atoms with Gasteiger partial charge in [0.2, 0.25) is 0 Å². The minimum Gasteiger partial charge on any atom is -0.393 e. The van der Waals surface area contributed by atoms with Crippen molar-refractivity contribution >= 4 is 22.6 Å². The van der Waals surface area contributed by atoms with Crippen molar-refractivity contribution in [1.29, 1.82) is 0 Å². The molecule has 0 aliphatic heterocycles. The molecule has 0 radical (unpaired) electrons. The van der Waals surface area contributed by atoms with Gasteiger partial charge < -0.3 is 16.2 Å². The Hall–Kier alpha value is -3.06. The highest BCUT2D eigenvalue weighted by atomic mass is 19.1. The van der Waals surface area contributed by atoms with Gasteiger partial charge in [0.25, 0.3) is 5.91 Å². The summed E-state index contributed by atoms with van der Waals surface area (Å²) in [7, 11) is 0. The van der Waals surface area contributed by atoms with Gasteiger partial charge >= 0.3 is 0 Å². The summed E-state index contributed by atoms with van der Waals surface area (Å²) >= 11 is 0. The van der Waals surface area contributed by atoms with E-state index in [-0.39, 0.29) is 29.7 Å². The van der Waals surface area contributed by atoms with Crippen LogP contribution in [0.3, 0.4) is 0 Å². The fraction of sp³-hybridized carbons (Fsp3) is 0.211. The van der Waals surface area contributed by atoms with E-state index in [9.17, 15) is 14.3 Å². The zero-order chi connectivity index (χ0) is 18.3. The van der Waals surface area contributed by atoms with Crippen molar-refractivity contribution in [3.63, 3.8) is 0 Å². The van der Waals surface area contributed by atoms with E-state index in [0.717, 1.165) is 0 Å². The van der Waals surface area contributed by atoms with E-state index in [2.05, 4.69) is 15.3 Å². The Balaban J connectivity index is 1.72. The Morgan fingerprint density at radius 1 is 1.27 bits per heavy atom. The molecule has 1 saturated carbocycles. The first kappa shape index (κ1) is 16.4. The van der Waals surface area contributed by atoms with Crippen LogP contribution < -0.4 is 11.1 Å². The highest BCUT2D eigenvalue weighted by Crippen LogP contribution is 2.27. The lowest BCUT2D eigenvalue weighted by atomic mass is 9.89. The molecular weight excluding hydrogens is 335 g/mol. The van der Waals surface area contributed by atoms with Gasteiger partial charge in [-0.1, -0.05) is 12.1 Å². The van der Waals surface area contributed by atoms with Crippen LogP contribution in [0, 0.1) is 5.82 Å². The number of pyridine rings is 2. The quantitative estimate of drug-likeness (QED) is 0.671. The first-order chi connectivity index (χ1) is 12.5. The molecule has 0 bridgehead atoms. The number of hydrogen-bond acceptors (Lipinski definition) is 5. The maximum absolute atomic E-state index is 13.5. The topological polar surface area (TPSA) is 101 Å². The SMILES string of the molecule is Nc1ncc(C(=O)N[C@H]2C[C@H](O)C2)c2ccc(-c3cccc(F)c3)nc12. The predicted octanol–water partition coefficient (Wildman–Crippen LogP) is 2.27. The summed E-state index contributed by atoms with van der Waals surface area (Å²) in [5.41, 5.74) is 7.87. The van der Waals surface area contributed by atoms with Crippen LogP contribution in [-0.2, 0) is 0 Å². The first-order valence-corrected chi connectivity index (χ1v) is 8.31. The number of nitrogens with two attached hydrogens (primary N) is 1. The van der Waals surface area contributed by atoms with Crippen LogP contribution in [0.15, 0.2) is 42.6 Å². The second kappa shape index (κ2) is 6.34. The number of nitrogens with zero attached hydrogens (tertiary/aromatic N) is 2. The Kier molecular flexibility index (Phi) is 4.00. The highest BCUT2D eigenvalue weighted by molar-refractivity contribution is 6.08. The predicted molar refractivity (Wildman–Crippen MR) is 95.8 cm³/mol. The molecule has 132 valence electrons. The molecule has 1 aromatic carbocycles. The molecule has 0 unspecified atom stereocenters. The lowest BCUT2D eigenvalue weighted by Gasteiger charge is -2.32.